The lowest BCUT2D eigenvalue weighted by Gasteiger charge is -2.10. The molecular weight excluding hydrogens is 150 g/mol. The van der Waals surface area contributed by atoms with Crippen LogP contribution < -0.4 is 5.32 Å². The van der Waals surface area contributed by atoms with Gasteiger partial charge < -0.3 is 5.32 Å². The summed E-state index contributed by atoms with van der Waals surface area (Å²) in [6.45, 7) is 3.63. The first-order valence-corrected chi connectivity index (χ1v) is 3.75. The number of carbonyl (C=O) groups excluding carboxylic acids is 1. The Hall–Kier alpha value is -1.57. The first kappa shape index (κ1) is 8.53. The molecule has 0 saturated carbocycles. The van der Waals surface area contributed by atoms with Gasteiger partial charge in [-0.1, -0.05) is 36.4 Å². The predicted molar refractivity (Wildman–Crippen MR) is 48.6 cm³/mol. The number of benzene rings is 1. The molecule has 0 bridgehead atoms. The van der Waals surface area contributed by atoms with Crippen LogP contribution in [0.15, 0.2) is 43.0 Å². The molecule has 0 saturated heterocycles. The van der Waals surface area contributed by atoms with Crippen LogP contribution in [-0.4, -0.2) is 6.41 Å². The van der Waals surface area contributed by atoms with Gasteiger partial charge in [0.05, 0.1) is 6.04 Å². The maximum Gasteiger partial charge on any atom is 0.207 e. The van der Waals surface area contributed by atoms with E-state index in [4.69, 9.17) is 0 Å². The van der Waals surface area contributed by atoms with Crippen molar-refractivity contribution in [1.29, 1.82) is 0 Å². The SMILES string of the molecule is C=CC(NC=O)c1ccccc1. The van der Waals surface area contributed by atoms with Crippen LogP contribution in [0.25, 0.3) is 0 Å². The Morgan fingerprint density at radius 2 is 2.00 bits per heavy atom. The molecule has 0 aliphatic carbocycles. The van der Waals surface area contributed by atoms with Gasteiger partial charge in [-0.2, -0.15) is 0 Å². The smallest absolute Gasteiger partial charge is 0.207 e. The zero-order valence-electron chi connectivity index (χ0n) is 6.73. The molecule has 1 rings (SSSR count). The quantitative estimate of drug-likeness (QED) is 0.528. The fourth-order valence-electron chi connectivity index (χ4n) is 1.03. The van der Waals surface area contributed by atoms with Crippen molar-refractivity contribution in [3.63, 3.8) is 0 Å². The van der Waals surface area contributed by atoms with Gasteiger partial charge in [0.1, 0.15) is 0 Å². The lowest BCUT2D eigenvalue weighted by atomic mass is 10.1. The monoisotopic (exact) mass is 161 g/mol. The van der Waals surface area contributed by atoms with E-state index in [1.165, 1.54) is 0 Å². The van der Waals surface area contributed by atoms with Crippen LogP contribution in [0.2, 0.25) is 0 Å². The molecule has 2 nitrogen and oxygen atoms in total. The topological polar surface area (TPSA) is 29.1 Å². The van der Waals surface area contributed by atoms with Crippen molar-refractivity contribution in [3.8, 4) is 0 Å². The highest BCUT2D eigenvalue weighted by molar-refractivity contribution is 5.48. The minimum atomic E-state index is -0.0799. The Balaban J connectivity index is 2.79. The lowest BCUT2D eigenvalue weighted by Crippen LogP contribution is -2.16. The highest BCUT2D eigenvalue weighted by Gasteiger charge is 2.02. The number of rotatable bonds is 4. The largest absolute Gasteiger partial charge is 0.348 e. The van der Waals surface area contributed by atoms with Gasteiger partial charge in [0.25, 0.3) is 0 Å². The summed E-state index contributed by atoms with van der Waals surface area (Å²) in [5, 5.41) is 2.65. The molecule has 1 amide bonds. The highest BCUT2D eigenvalue weighted by atomic mass is 16.1. The fourth-order valence-corrected chi connectivity index (χ4v) is 1.03. The minimum Gasteiger partial charge on any atom is -0.348 e. The molecule has 0 aliphatic heterocycles. The molecule has 1 aromatic carbocycles. The van der Waals surface area contributed by atoms with Gasteiger partial charge in [-0.05, 0) is 5.56 Å². The molecule has 1 unspecified atom stereocenters. The van der Waals surface area contributed by atoms with Gasteiger partial charge in [-0.25, -0.2) is 0 Å². The molecule has 0 aromatic heterocycles. The van der Waals surface area contributed by atoms with Crippen LogP contribution in [0.5, 0.6) is 0 Å². The summed E-state index contributed by atoms with van der Waals surface area (Å²) in [7, 11) is 0. The van der Waals surface area contributed by atoms with Gasteiger partial charge in [-0.15, -0.1) is 6.58 Å². The standard InChI is InChI=1S/C10H11NO/c1-2-10(11-8-12)9-6-4-3-5-7-9/h2-8,10H,1H2,(H,11,12). The van der Waals surface area contributed by atoms with Crippen LogP contribution in [0, 0.1) is 0 Å². The van der Waals surface area contributed by atoms with E-state index in [-0.39, 0.29) is 6.04 Å². The van der Waals surface area contributed by atoms with Crippen molar-refractivity contribution in [3.05, 3.63) is 48.6 Å². The van der Waals surface area contributed by atoms with Crippen molar-refractivity contribution in [1.82, 2.24) is 5.32 Å². The van der Waals surface area contributed by atoms with Gasteiger partial charge in [0, 0.05) is 0 Å². The van der Waals surface area contributed by atoms with Crippen molar-refractivity contribution in [2.24, 2.45) is 0 Å². The zero-order chi connectivity index (χ0) is 8.81. The van der Waals surface area contributed by atoms with E-state index in [0.29, 0.717) is 6.41 Å². The second-order valence-corrected chi connectivity index (χ2v) is 2.41. The molecule has 62 valence electrons. The van der Waals surface area contributed by atoms with E-state index in [0.717, 1.165) is 5.56 Å². The number of carbonyl (C=O) groups is 1. The van der Waals surface area contributed by atoms with Crippen LogP contribution in [0.3, 0.4) is 0 Å². The second-order valence-electron chi connectivity index (χ2n) is 2.41. The van der Waals surface area contributed by atoms with Gasteiger partial charge in [-0.3, -0.25) is 4.79 Å². The van der Waals surface area contributed by atoms with E-state index >= 15 is 0 Å². The summed E-state index contributed by atoms with van der Waals surface area (Å²) < 4.78 is 0. The van der Waals surface area contributed by atoms with Gasteiger partial charge >= 0.3 is 0 Å². The summed E-state index contributed by atoms with van der Waals surface area (Å²) in [5.74, 6) is 0. The summed E-state index contributed by atoms with van der Waals surface area (Å²) in [5.41, 5.74) is 1.04. The normalized spacial score (nSPS) is 11.7. The molecule has 1 aromatic rings. The van der Waals surface area contributed by atoms with Gasteiger partial charge in [0.2, 0.25) is 6.41 Å². The van der Waals surface area contributed by atoms with Crippen LogP contribution in [0.4, 0.5) is 0 Å². The first-order chi connectivity index (χ1) is 5.88. The van der Waals surface area contributed by atoms with Crippen LogP contribution in [-0.2, 0) is 4.79 Å². The molecular formula is C10H11NO. The maximum absolute atomic E-state index is 10.2. The average Bonchev–Trinajstić information content (AvgIpc) is 2.15. The van der Waals surface area contributed by atoms with Crippen LogP contribution >= 0.6 is 0 Å². The van der Waals surface area contributed by atoms with Crippen LogP contribution in [0.1, 0.15) is 11.6 Å². The van der Waals surface area contributed by atoms with Gasteiger partial charge in [0.15, 0.2) is 0 Å². The van der Waals surface area contributed by atoms with E-state index in [9.17, 15) is 4.79 Å². The lowest BCUT2D eigenvalue weighted by molar-refractivity contribution is -0.109. The van der Waals surface area contributed by atoms with Crippen molar-refractivity contribution in [2.45, 2.75) is 6.04 Å². The molecule has 0 heterocycles. The van der Waals surface area contributed by atoms with Crippen molar-refractivity contribution < 1.29 is 4.79 Å². The fraction of sp³-hybridized carbons (Fsp3) is 0.100. The summed E-state index contributed by atoms with van der Waals surface area (Å²) in [4.78, 5) is 10.2. The third-order valence-electron chi connectivity index (χ3n) is 1.64. The number of hydrogen-bond donors (Lipinski definition) is 1. The summed E-state index contributed by atoms with van der Waals surface area (Å²) >= 11 is 0. The molecule has 12 heavy (non-hydrogen) atoms. The maximum atomic E-state index is 10.2. The van der Waals surface area contributed by atoms with Crippen molar-refractivity contribution in [2.75, 3.05) is 0 Å². The summed E-state index contributed by atoms with van der Waals surface area (Å²) in [6.07, 6.45) is 2.38. The third kappa shape index (κ3) is 1.95. The first-order valence-electron chi connectivity index (χ1n) is 3.75. The molecule has 0 radical (unpaired) electrons. The summed E-state index contributed by atoms with van der Waals surface area (Å²) in [6, 6.07) is 9.61. The van der Waals surface area contributed by atoms with Crippen molar-refractivity contribution >= 4 is 6.41 Å². The Bertz CT molecular complexity index is 256. The molecule has 0 fully saturated rings. The zero-order valence-corrected chi connectivity index (χ0v) is 6.73. The average molecular weight is 161 g/mol. The van der Waals surface area contributed by atoms with E-state index < -0.39 is 0 Å². The third-order valence-corrected chi connectivity index (χ3v) is 1.64. The van der Waals surface area contributed by atoms with E-state index in [1.54, 1.807) is 6.08 Å². The number of amides is 1. The number of nitrogens with one attached hydrogen (secondary N) is 1. The van der Waals surface area contributed by atoms with E-state index in [2.05, 4.69) is 11.9 Å². The molecule has 0 spiro atoms. The Morgan fingerprint density at radius 1 is 1.33 bits per heavy atom. The Morgan fingerprint density at radius 3 is 2.50 bits per heavy atom. The predicted octanol–water partition coefficient (Wildman–Crippen LogP) is 1.66. The van der Waals surface area contributed by atoms with E-state index in [1.807, 2.05) is 30.3 Å². The second kappa shape index (κ2) is 4.34. The Labute approximate surface area is 71.9 Å². The highest BCUT2D eigenvalue weighted by Crippen LogP contribution is 2.11. The molecule has 1 N–H and O–H groups in total. The molecule has 0 aliphatic rings. The molecule has 1 atom stereocenters. The molecule has 2 heteroatoms. The Kier molecular flexibility index (Phi) is 3.08. The minimum absolute atomic E-state index is 0.0799. The number of hydrogen-bond acceptors (Lipinski definition) is 1.